The van der Waals surface area contributed by atoms with Crippen molar-refractivity contribution in [3.63, 3.8) is 0 Å². The molecule has 144 valence electrons. The van der Waals surface area contributed by atoms with Crippen molar-refractivity contribution in [1.29, 1.82) is 0 Å². The van der Waals surface area contributed by atoms with Crippen LogP contribution in [0.4, 0.5) is 0 Å². The van der Waals surface area contributed by atoms with Gasteiger partial charge >= 0.3 is 0 Å². The first-order valence-corrected chi connectivity index (χ1v) is 9.59. The van der Waals surface area contributed by atoms with Crippen LogP contribution in [-0.2, 0) is 0 Å². The van der Waals surface area contributed by atoms with Gasteiger partial charge in [0.05, 0.1) is 10.2 Å². The Hall–Kier alpha value is -1.60. The Morgan fingerprint density at radius 2 is 1.85 bits per heavy atom. The van der Waals surface area contributed by atoms with Crippen LogP contribution in [0, 0.1) is 0 Å². The number of aromatic nitrogens is 1. The number of carbonyl (C=O) groups excluding carboxylic acids is 1. The van der Waals surface area contributed by atoms with E-state index in [1.165, 1.54) is 12.8 Å². The van der Waals surface area contributed by atoms with E-state index in [4.69, 9.17) is 4.42 Å². The van der Waals surface area contributed by atoms with Gasteiger partial charge in [-0.25, -0.2) is 4.98 Å². The molecule has 8 heteroatoms. The lowest BCUT2D eigenvalue weighted by atomic mass is 10.00. The maximum absolute atomic E-state index is 12.5. The first kappa shape index (κ1) is 20.1. The van der Waals surface area contributed by atoms with Crippen LogP contribution in [0.5, 0.6) is 0 Å². The number of benzene rings is 1. The second kappa shape index (κ2) is 8.19. The third-order valence-electron chi connectivity index (χ3n) is 5.14. The number of piperidine rings is 1. The number of amides is 1. The Morgan fingerprint density at radius 1 is 1.11 bits per heavy atom. The van der Waals surface area contributed by atoms with Crippen LogP contribution in [0.1, 0.15) is 36.2 Å². The number of nitrogens with zero attached hydrogens (tertiary/aromatic N) is 1. The molecule has 2 saturated heterocycles. The summed E-state index contributed by atoms with van der Waals surface area (Å²) in [6, 6.07) is 12.9. The van der Waals surface area contributed by atoms with E-state index < -0.39 is 0 Å². The number of carbonyl (C=O) groups is 1. The van der Waals surface area contributed by atoms with Gasteiger partial charge in [0.1, 0.15) is 0 Å². The largest absolute Gasteiger partial charge is 0.448 e. The molecule has 5 rings (SSSR count). The Labute approximate surface area is 173 Å². The fraction of sp³-hybridized carbons (Fsp3) is 0.368. The highest BCUT2D eigenvalue weighted by atomic mass is 35.5. The van der Waals surface area contributed by atoms with Gasteiger partial charge in [0.25, 0.3) is 5.91 Å². The molecule has 2 aromatic heterocycles. The second-order valence-electron chi connectivity index (χ2n) is 6.93. The van der Waals surface area contributed by atoms with Gasteiger partial charge in [-0.1, -0.05) is 12.1 Å². The quantitative estimate of drug-likeness (QED) is 0.651. The molecule has 0 radical (unpaired) electrons. The number of rotatable bonds is 3. The molecule has 2 unspecified atom stereocenters. The smallest absolute Gasteiger partial charge is 0.287 e. The number of fused-ring (bicyclic) bond motifs is 3. The van der Waals surface area contributed by atoms with Crippen molar-refractivity contribution in [2.75, 3.05) is 0 Å². The van der Waals surface area contributed by atoms with E-state index in [0.29, 0.717) is 23.6 Å². The summed E-state index contributed by atoms with van der Waals surface area (Å²) < 4.78 is 6.91. The predicted molar refractivity (Wildman–Crippen MR) is 112 cm³/mol. The molecule has 0 spiro atoms. The molecule has 3 aromatic rings. The van der Waals surface area contributed by atoms with Crippen LogP contribution in [0.25, 0.3) is 21.0 Å². The van der Waals surface area contributed by atoms with E-state index in [-0.39, 0.29) is 36.8 Å². The number of hydrogen-bond acceptors (Lipinski definition) is 5. The number of furan rings is 1. The Bertz CT molecular complexity index is 897. The molecule has 2 aliphatic heterocycles. The maximum atomic E-state index is 12.5. The molecule has 27 heavy (non-hydrogen) atoms. The lowest BCUT2D eigenvalue weighted by Crippen LogP contribution is -2.47. The topological polar surface area (TPSA) is 67.2 Å². The zero-order valence-corrected chi connectivity index (χ0v) is 17.0. The molecular formula is C19H21Cl2N3O2S. The van der Waals surface area contributed by atoms with E-state index in [1.54, 1.807) is 17.4 Å². The highest BCUT2D eigenvalue weighted by Crippen LogP contribution is 2.31. The first-order chi connectivity index (χ1) is 12.2. The van der Waals surface area contributed by atoms with Crippen molar-refractivity contribution >= 4 is 52.3 Å². The maximum Gasteiger partial charge on any atom is 0.287 e. The summed E-state index contributed by atoms with van der Waals surface area (Å²) in [5.41, 5.74) is 0.954. The minimum Gasteiger partial charge on any atom is -0.448 e. The van der Waals surface area contributed by atoms with Crippen molar-refractivity contribution in [2.45, 2.75) is 43.8 Å². The normalized spacial score (nSPS) is 23.5. The van der Waals surface area contributed by atoms with E-state index in [0.717, 1.165) is 28.1 Å². The van der Waals surface area contributed by atoms with Crippen LogP contribution >= 0.6 is 36.2 Å². The van der Waals surface area contributed by atoms with Gasteiger partial charge in [0, 0.05) is 18.1 Å². The lowest BCUT2D eigenvalue weighted by Gasteiger charge is -2.29. The van der Waals surface area contributed by atoms with Gasteiger partial charge in [-0.3, -0.25) is 4.79 Å². The van der Waals surface area contributed by atoms with Crippen LogP contribution in [0.2, 0.25) is 0 Å². The monoisotopic (exact) mass is 425 g/mol. The van der Waals surface area contributed by atoms with Crippen molar-refractivity contribution in [1.82, 2.24) is 15.6 Å². The zero-order chi connectivity index (χ0) is 16.8. The first-order valence-electron chi connectivity index (χ1n) is 8.77. The van der Waals surface area contributed by atoms with Crippen molar-refractivity contribution in [3.8, 4) is 10.8 Å². The van der Waals surface area contributed by atoms with E-state index in [2.05, 4.69) is 15.6 Å². The Morgan fingerprint density at radius 3 is 2.59 bits per heavy atom. The highest BCUT2D eigenvalue weighted by Gasteiger charge is 2.34. The van der Waals surface area contributed by atoms with Crippen molar-refractivity contribution in [2.24, 2.45) is 0 Å². The highest BCUT2D eigenvalue weighted by molar-refractivity contribution is 7.21. The zero-order valence-electron chi connectivity index (χ0n) is 14.5. The number of thiazole rings is 1. The standard InChI is InChI=1S/C19H19N3O2S.2ClH/c23-18(21-13-9-11-5-6-12(10-13)20-11)15-7-8-16(24-15)19-22-14-3-1-2-4-17(14)25-19;;/h1-4,7-8,11-13,20H,5-6,9-10H2,(H,21,23);2*1H. The number of nitrogens with one attached hydrogen (secondary N) is 2. The summed E-state index contributed by atoms with van der Waals surface area (Å²) in [4.78, 5) is 17.1. The minimum atomic E-state index is -0.126. The molecule has 1 amide bonds. The summed E-state index contributed by atoms with van der Waals surface area (Å²) in [5.74, 6) is 0.885. The average Bonchev–Trinajstić information content (AvgIpc) is 3.32. The Kier molecular flexibility index (Phi) is 6.11. The van der Waals surface area contributed by atoms with Crippen LogP contribution in [-0.4, -0.2) is 29.0 Å². The third kappa shape index (κ3) is 3.99. The molecule has 5 nitrogen and oxygen atoms in total. The van der Waals surface area contributed by atoms with Crippen molar-refractivity contribution in [3.05, 3.63) is 42.2 Å². The van der Waals surface area contributed by atoms with Gasteiger partial charge in [-0.05, 0) is 49.9 Å². The number of halogens is 2. The summed E-state index contributed by atoms with van der Waals surface area (Å²) in [7, 11) is 0. The fourth-order valence-corrected chi connectivity index (χ4v) is 4.91. The summed E-state index contributed by atoms with van der Waals surface area (Å²) >= 11 is 1.58. The predicted octanol–water partition coefficient (Wildman–Crippen LogP) is 4.41. The molecule has 2 fully saturated rings. The van der Waals surface area contributed by atoms with Gasteiger partial charge in [-0.15, -0.1) is 36.2 Å². The molecule has 2 atom stereocenters. The van der Waals surface area contributed by atoms with Crippen LogP contribution < -0.4 is 10.6 Å². The number of hydrogen-bond donors (Lipinski definition) is 2. The fourth-order valence-electron chi connectivity index (χ4n) is 3.98. The lowest BCUT2D eigenvalue weighted by molar-refractivity contribution is 0.0896. The van der Waals surface area contributed by atoms with Gasteiger partial charge in [-0.2, -0.15) is 0 Å². The molecule has 0 aliphatic carbocycles. The minimum absolute atomic E-state index is 0. The van der Waals surface area contributed by atoms with Crippen LogP contribution in [0.3, 0.4) is 0 Å². The Balaban J connectivity index is 0.00000105. The van der Waals surface area contributed by atoms with Gasteiger partial charge in [0.2, 0.25) is 0 Å². The molecule has 2 aliphatic rings. The summed E-state index contributed by atoms with van der Waals surface area (Å²) in [6.45, 7) is 0. The van der Waals surface area contributed by atoms with E-state index in [9.17, 15) is 4.79 Å². The van der Waals surface area contributed by atoms with Gasteiger partial charge in [0.15, 0.2) is 16.5 Å². The summed E-state index contributed by atoms with van der Waals surface area (Å²) in [6.07, 6.45) is 4.46. The second-order valence-corrected chi connectivity index (χ2v) is 7.96. The molecule has 1 aromatic carbocycles. The van der Waals surface area contributed by atoms with E-state index >= 15 is 0 Å². The van der Waals surface area contributed by atoms with Gasteiger partial charge < -0.3 is 15.1 Å². The molecule has 4 heterocycles. The average molecular weight is 426 g/mol. The van der Waals surface area contributed by atoms with E-state index in [1.807, 2.05) is 30.3 Å². The molecule has 2 N–H and O–H groups in total. The molecule has 2 bridgehead atoms. The van der Waals surface area contributed by atoms with Crippen molar-refractivity contribution < 1.29 is 9.21 Å². The molecular weight excluding hydrogens is 405 g/mol. The third-order valence-corrected chi connectivity index (χ3v) is 6.19. The summed E-state index contributed by atoms with van der Waals surface area (Å²) in [5, 5.41) is 7.53. The molecule has 0 saturated carbocycles. The SMILES string of the molecule is Cl.Cl.O=C(NC1CC2CCC(C1)N2)c1ccc(-c2nc3ccccc3s2)o1. The number of para-hydroxylation sites is 1. The van der Waals surface area contributed by atoms with Crippen LogP contribution in [0.15, 0.2) is 40.8 Å².